The van der Waals surface area contributed by atoms with E-state index in [2.05, 4.69) is 11.8 Å². The average Bonchev–Trinajstić information content (AvgIpc) is 2.71. The van der Waals surface area contributed by atoms with Crippen molar-refractivity contribution in [3.05, 3.63) is 0 Å². The smallest absolute Gasteiger partial charge is 0.329 e. The molecule has 2 rings (SSSR count). The number of hydrogen-bond donors (Lipinski definition) is 1. The van der Waals surface area contributed by atoms with Crippen LogP contribution in [0.15, 0.2) is 0 Å². The van der Waals surface area contributed by atoms with E-state index in [1.54, 1.807) is 0 Å². The van der Waals surface area contributed by atoms with Crippen LogP contribution in [0.1, 0.15) is 39.0 Å². The maximum Gasteiger partial charge on any atom is 0.329 e. The quantitative estimate of drug-likeness (QED) is 0.773. The second-order valence-electron chi connectivity index (χ2n) is 5.05. The monoisotopic (exact) mass is 227 g/mol. The van der Waals surface area contributed by atoms with Crippen molar-refractivity contribution in [2.24, 2.45) is 0 Å². The van der Waals surface area contributed by atoms with Crippen molar-refractivity contribution in [1.82, 2.24) is 4.90 Å². The highest BCUT2D eigenvalue weighted by Crippen LogP contribution is 2.42. The highest BCUT2D eigenvalue weighted by atomic mass is 16.5. The Hall–Kier alpha value is -0.610. The Morgan fingerprint density at radius 1 is 1.62 bits per heavy atom. The zero-order chi connectivity index (χ0) is 11.6. The van der Waals surface area contributed by atoms with E-state index in [1.165, 1.54) is 25.7 Å². The molecule has 2 atom stereocenters. The summed E-state index contributed by atoms with van der Waals surface area (Å²) in [6.45, 7) is 4.15. The van der Waals surface area contributed by atoms with E-state index in [9.17, 15) is 4.79 Å². The van der Waals surface area contributed by atoms with Crippen molar-refractivity contribution in [2.45, 2.75) is 50.7 Å². The molecule has 2 fully saturated rings. The largest absolute Gasteiger partial charge is 0.480 e. The molecule has 2 aliphatic rings. The summed E-state index contributed by atoms with van der Waals surface area (Å²) in [5, 5.41) is 8.61. The third-order valence-corrected chi connectivity index (χ3v) is 3.93. The Bertz CT molecular complexity index is 269. The SMILES string of the molecule is CCCC12CCCN1CC(OCC(=O)O)C2. The van der Waals surface area contributed by atoms with E-state index < -0.39 is 5.97 Å². The summed E-state index contributed by atoms with van der Waals surface area (Å²) in [7, 11) is 0. The lowest BCUT2D eigenvalue weighted by Gasteiger charge is -2.31. The summed E-state index contributed by atoms with van der Waals surface area (Å²) in [4.78, 5) is 13.0. The van der Waals surface area contributed by atoms with E-state index >= 15 is 0 Å². The van der Waals surface area contributed by atoms with Gasteiger partial charge in [-0.1, -0.05) is 13.3 Å². The fourth-order valence-electron chi connectivity index (χ4n) is 3.40. The van der Waals surface area contributed by atoms with Gasteiger partial charge in [-0.3, -0.25) is 4.90 Å². The van der Waals surface area contributed by atoms with Gasteiger partial charge in [0.25, 0.3) is 0 Å². The standard InChI is InChI=1S/C12H21NO3/c1-2-4-12-5-3-6-13(12)8-10(7-12)16-9-11(14)15/h10H,2-9H2,1H3,(H,14,15). The van der Waals surface area contributed by atoms with Crippen LogP contribution in [0.2, 0.25) is 0 Å². The van der Waals surface area contributed by atoms with Gasteiger partial charge in [0, 0.05) is 12.1 Å². The van der Waals surface area contributed by atoms with Gasteiger partial charge in [-0.15, -0.1) is 0 Å². The van der Waals surface area contributed by atoms with E-state index in [4.69, 9.17) is 9.84 Å². The summed E-state index contributed by atoms with van der Waals surface area (Å²) in [6, 6.07) is 0. The number of ether oxygens (including phenoxy) is 1. The zero-order valence-corrected chi connectivity index (χ0v) is 9.95. The minimum atomic E-state index is -0.864. The molecule has 2 aliphatic heterocycles. The van der Waals surface area contributed by atoms with Crippen molar-refractivity contribution in [1.29, 1.82) is 0 Å². The van der Waals surface area contributed by atoms with Crippen molar-refractivity contribution >= 4 is 5.97 Å². The number of hydrogen-bond acceptors (Lipinski definition) is 3. The summed E-state index contributed by atoms with van der Waals surface area (Å²) < 4.78 is 5.43. The van der Waals surface area contributed by atoms with Crippen LogP contribution in [-0.4, -0.2) is 47.3 Å². The summed E-state index contributed by atoms with van der Waals surface area (Å²) in [5.74, 6) is -0.864. The minimum absolute atomic E-state index is 0.128. The van der Waals surface area contributed by atoms with Crippen LogP contribution in [0.3, 0.4) is 0 Å². The molecule has 0 aromatic rings. The Kier molecular flexibility index (Phi) is 3.50. The highest BCUT2D eigenvalue weighted by Gasteiger charge is 2.47. The fraction of sp³-hybridized carbons (Fsp3) is 0.917. The summed E-state index contributed by atoms with van der Waals surface area (Å²) in [6.07, 6.45) is 6.11. The van der Waals surface area contributed by atoms with E-state index in [1.807, 2.05) is 0 Å². The Labute approximate surface area is 96.6 Å². The minimum Gasteiger partial charge on any atom is -0.480 e. The third-order valence-electron chi connectivity index (χ3n) is 3.93. The maximum absolute atomic E-state index is 10.5. The van der Waals surface area contributed by atoms with Crippen LogP contribution in [-0.2, 0) is 9.53 Å². The fourth-order valence-corrected chi connectivity index (χ4v) is 3.40. The molecule has 4 nitrogen and oxygen atoms in total. The van der Waals surface area contributed by atoms with Gasteiger partial charge < -0.3 is 9.84 Å². The van der Waals surface area contributed by atoms with Gasteiger partial charge in [-0.2, -0.15) is 0 Å². The molecule has 0 amide bonds. The molecular formula is C12H21NO3. The molecule has 2 saturated heterocycles. The molecule has 0 saturated carbocycles. The normalized spacial score (nSPS) is 34.2. The van der Waals surface area contributed by atoms with Crippen LogP contribution >= 0.6 is 0 Å². The van der Waals surface area contributed by atoms with E-state index in [-0.39, 0.29) is 12.7 Å². The lowest BCUT2D eigenvalue weighted by atomic mass is 9.88. The molecule has 1 N–H and O–H groups in total. The van der Waals surface area contributed by atoms with Crippen LogP contribution in [0.4, 0.5) is 0 Å². The Morgan fingerprint density at radius 2 is 2.44 bits per heavy atom. The third kappa shape index (κ3) is 2.23. The first kappa shape index (κ1) is 11.9. The van der Waals surface area contributed by atoms with Gasteiger partial charge in [0.1, 0.15) is 6.61 Å². The van der Waals surface area contributed by atoms with Crippen molar-refractivity contribution in [3.8, 4) is 0 Å². The molecule has 0 aliphatic carbocycles. The second-order valence-corrected chi connectivity index (χ2v) is 5.05. The van der Waals surface area contributed by atoms with Gasteiger partial charge >= 0.3 is 5.97 Å². The molecule has 0 spiro atoms. The summed E-state index contributed by atoms with van der Waals surface area (Å²) in [5.41, 5.74) is 0.331. The zero-order valence-electron chi connectivity index (χ0n) is 9.95. The first-order valence-electron chi connectivity index (χ1n) is 6.25. The number of fused-ring (bicyclic) bond motifs is 1. The molecule has 0 bridgehead atoms. The molecule has 16 heavy (non-hydrogen) atoms. The van der Waals surface area contributed by atoms with Gasteiger partial charge in [-0.05, 0) is 32.2 Å². The topological polar surface area (TPSA) is 49.8 Å². The molecular weight excluding hydrogens is 206 g/mol. The van der Waals surface area contributed by atoms with Crippen molar-refractivity contribution < 1.29 is 14.6 Å². The van der Waals surface area contributed by atoms with Gasteiger partial charge in [-0.25, -0.2) is 4.79 Å². The molecule has 0 aromatic carbocycles. The van der Waals surface area contributed by atoms with Gasteiger partial charge in [0.05, 0.1) is 6.10 Å². The van der Waals surface area contributed by atoms with Crippen molar-refractivity contribution in [3.63, 3.8) is 0 Å². The number of aliphatic carboxylic acids is 1. The lowest BCUT2D eigenvalue weighted by molar-refractivity contribution is -0.144. The number of carboxylic acid groups (broad SMARTS) is 1. The predicted octanol–water partition coefficient (Wildman–Crippen LogP) is 1.49. The van der Waals surface area contributed by atoms with E-state index in [0.29, 0.717) is 5.54 Å². The number of carboxylic acids is 1. The molecule has 4 heteroatoms. The van der Waals surface area contributed by atoms with Crippen LogP contribution in [0.5, 0.6) is 0 Å². The summed E-state index contributed by atoms with van der Waals surface area (Å²) >= 11 is 0. The molecule has 0 radical (unpaired) electrons. The average molecular weight is 227 g/mol. The van der Waals surface area contributed by atoms with E-state index in [0.717, 1.165) is 19.5 Å². The van der Waals surface area contributed by atoms with Gasteiger partial charge in [0.15, 0.2) is 0 Å². The number of rotatable bonds is 5. The first-order chi connectivity index (χ1) is 7.66. The Balaban J connectivity index is 1.91. The van der Waals surface area contributed by atoms with Crippen LogP contribution in [0.25, 0.3) is 0 Å². The first-order valence-corrected chi connectivity index (χ1v) is 6.25. The van der Waals surface area contributed by atoms with Crippen LogP contribution in [0, 0.1) is 0 Å². The predicted molar refractivity (Wildman–Crippen MR) is 60.4 cm³/mol. The molecule has 92 valence electrons. The second kappa shape index (κ2) is 4.72. The molecule has 2 heterocycles. The lowest BCUT2D eigenvalue weighted by Crippen LogP contribution is -2.37. The molecule has 2 unspecified atom stereocenters. The number of nitrogens with zero attached hydrogens (tertiary/aromatic N) is 1. The maximum atomic E-state index is 10.5. The molecule has 0 aromatic heterocycles. The van der Waals surface area contributed by atoms with Crippen molar-refractivity contribution in [2.75, 3.05) is 19.7 Å². The van der Waals surface area contributed by atoms with Gasteiger partial charge in [0.2, 0.25) is 0 Å². The highest BCUT2D eigenvalue weighted by molar-refractivity contribution is 5.68. The Morgan fingerprint density at radius 3 is 3.12 bits per heavy atom. The van der Waals surface area contributed by atoms with Crippen LogP contribution < -0.4 is 0 Å². The number of carbonyl (C=O) groups is 1.